The monoisotopic (exact) mass is 300 g/mol. The van der Waals surface area contributed by atoms with Gasteiger partial charge in [-0.15, -0.1) is 0 Å². The average molecular weight is 300 g/mol. The molecule has 2 saturated carbocycles. The largest absolute Gasteiger partial charge is 0.279 e. The van der Waals surface area contributed by atoms with Gasteiger partial charge in [0.15, 0.2) is 0 Å². The first-order valence-corrected chi connectivity index (χ1v) is 9.67. The summed E-state index contributed by atoms with van der Waals surface area (Å²) in [5, 5.41) is 0. The molecule has 3 fully saturated rings. The van der Waals surface area contributed by atoms with Crippen molar-refractivity contribution in [1.29, 1.82) is 0 Å². The molecule has 0 aromatic carbocycles. The van der Waals surface area contributed by atoms with E-state index in [0.717, 1.165) is 24.7 Å². The molecule has 1 N–H and O–H groups in total. The predicted octanol–water partition coefficient (Wildman–Crippen LogP) is 2.38. The SMILES string of the molecule is CC1CCN(S(=O)(=O)N[C@@H](C)[C@@H]2C[C@@H]3CC[C@@H]2C3)CC1. The van der Waals surface area contributed by atoms with Crippen LogP contribution < -0.4 is 4.72 Å². The van der Waals surface area contributed by atoms with Crippen LogP contribution in [0.25, 0.3) is 0 Å². The molecule has 0 aromatic rings. The predicted molar refractivity (Wildman–Crippen MR) is 80.4 cm³/mol. The molecule has 4 nitrogen and oxygen atoms in total. The molecule has 0 radical (unpaired) electrons. The van der Waals surface area contributed by atoms with Crippen LogP contribution in [0.2, 0.25) is 0 Å². The van der Waals surface area contributed by atoms with Crippen molar-refractivity contribution in [2.45, 2.75) is 58.4 Å². The lowest BCUT2D eigenvalue weighted by Crippen LogP contribution is -2.49. The van der Waals surface area contributed by atoms with Gasteiger partial charge >= 0.3 is 0 Å². The van der Waals surface area contributed by atoms with E-state index in [1.807, 2.05) is 0 Å². The number of fused-ring (bicyclic) bond motifs is 2. The third-order valence-corrected chi connectivity index (χ3v) is 7.57. The van der Waals surface area contributed by atoms with E-state index in [9.17, 15) is 8.42 Å². The number of piperidine rings is 1. The van der Waals surface area contributed by atoms with Crippen LogP contribution in [0.3, 0.4) is 0 Å². The Kier molecular flexibility index (Phi) is 4.13. The summed E-state index contributed by atoms with van der Waals surface area (Å²) in [5.41, 5.74) is 0. The third-order valence-electron chi connectivity index (χ3n) is 5.85. The molecule has 1 aliphatic heterocycles. The highest BCUT2D eigenvalue weighted by Gasteiger charge is 2.43. The smallest absolute Gasteiger partial charge is 0.199 e. The van der Waals surface area contributed by atoms with E-state index in [1.54, 1.807) is 4.31 Å². The zero-order chi connectivity index (χ0) is 14.3. The normalized spacial score (nSPS) is 37.4. The summed E-state index contributed by atoms with van der Waals surface area (Å²) < 4.78 is 29.6. The van der Waals surface area contributed by atoms with Gasteiger partial charge in [-0.2, -0.15) is 17.4 Å². The molecule has 3 aliphatic rings. The molecular weight excluding hydrogens is 272 g/mol. The van der Waals surface area contributed by atoms with Crippen molar-refractivity contribution in [3.05, 3.63) is 0 Å². The first-order chi connectivity index (χ1) is 9.45. The van der Waals surface area contributed by atoms with Gasteiger partial charge in [0, 0.05) is 19.1 Å². The molecule has 2 bridgehead atoms. The van der Waals surface area contributed by atoms with Crippen molar-refractivity contribution in [2.75, 3.05) is 13.1 Å². The van der Waals surface area contributed by atoms with Crippen molar-refractivity contribution in [3.63, 3.8) is 0 Å². The van der Waals surface area contributed by atoms with Crippen LogP contribution in [-0.4, -0.2) is 31.9 Å². The molecule has 4 atom stereocenters. The number of rotatable bonds is 4. The highest BCUT2D eigenvalue weighted by molar-refractivity contribution is 7.87. The summed E-state index contributed by atoms with van der Waals surface area (Å²) in [6.45, 7) is 5.63. The zero-order valence-electron chi connectivity index (χ0n) is 12.7. The Bertz CT molecular complexity index is 443. The first-order valence-electron chi connectivity index (χ1n) is 8.23. The molecule has 5 heteroatoms. The zero-order valence-corrected chi connectivity index (χ0v) is 13.5. The van der Waals surface area contributed by atoms with Crippen molar-refractivity contribution in [2.24, 2.45) is 23.7 Å². The van der Waals surface area contributed by atoms with E-state index in [4.69, 9.17) is 0 Å². The molecule has 116 valence electrons. The Balaban J connectivity index is 1.58. The Labute approximate surface area is 123 Å². The molecule has 20 heavy (non-hydrogen) atoms. The molecule has 0 spiro atoms. The van der Waals surface area contributed by atoms with Crippen LogP contribution in [0.5, 0.6) is 0 Å². The fourth-order valence-corrected chi connectivity index (χ4v) is 6.01. The third kappa shape index (κ3) is 2.90. The summed E-state index contributed by atoms with van der Waals surface area (Å²) in [4.78, 5) is 0. The van der Waals surface area contributed by atoms with E-state index < -0.39 is 10.2 Å². The van der Waals surface area contributed by atoms with E-state index in [0.29, 0.717) is 24.9 Å². The van der Waals surface area contributed by atoms with Gasteiger partial charge in [-0.3, -0.25) is 0 Å². The summed E-state index contributed by atoms with van der Waals surface area (Å²) in [6.07, 6.45) is 7.21. The van der Waals surface area contributed by atoms with Crippen LogP contribution >= 0.6 is 0 Å². The summed E-state index contributed by atoms with van der Waals surface area (Å²) >= 11 is 0. The highest BCUT2D eigenvalue weighted by Crippen LogP contribution is 2.49. The van der Waals surface area contributed by atoms with E-state index in [-0.39, 0.29) is 6.04 Å². The van der Waals surface area contributed by atoms with Crippen molar-refractivity contribution in [3.8, 4) is 0 Å². The summed E-state index contributed by atoms with van der Waals surface area (Å²) in [7, 11) is -3.28. The highest BCUT2D eigenvalue weighted by atomic mass is 32.2. The standard InChI is InChI=1S/C15H28N2O2S/c1-11-5-7-17(8-6-11)20(18,19)16-12(2)15-10-13-3-4-14(15)9-13/h11-16H,3-10H2,1-2H3/t12-,13+,14+,15-/m0/s1. The quantitative estimate of drug-likeness (QED) is 0.866. The second kappa shape index (κ2) is 5.58. The number of nitrogens with one attached hydrogen (secondary N) is 1. The van der Waals surface area contributed by atoms with Gasteiger partial charge in [-0.25, -0.2) is 0 Å². The lowest BCUT2D eigenvalue weighted by atomic mass is 9.84. The number of hydrogen-bond donors (Lipinski definition) is 1. The maximum absolute atomic E-state index is 12.5. The van der Waals surface area contributed by atoms with Crippen molar-refractivity contribution >= 4 is 10.2 Å². The lowest BCUT2D eigenvalue weighted by Gasteiger charge is -2.33. The fourth-order valence-electron chi connectivity index (χ4n) is 4.53. The van der Waals surface area contributed by atoms with Crippen LogP contribution in [0.1, 0.15) is 52.4 Å². The minimum Gasteiger partial charge on any atom is -0.199 e. The van der Waals surface area contributed by atoms with E-state index in [2.05, 4.69) is 18.6 Å². The maximum atomic E-state index is 12.5. The van der Waals surface area contributed by atoms with Gasteiger partial charge in [-0.05, 0) is 62.7 Å². The molecule has 1 heterocycles. The minimum atomic E-state index is -3.28. The minimum absolute atomic E-state index is 0.0923. The summed E-state index contributed by atoms with van der Waals surface area (Å²) in [5.74, 6) is 2.85. The van der Waals surface area contributed by atoms with Gasteiger partial charge in [0.2, 0.25) is 0 Å². The van der Waals surface area contributed by atoms with Crippen molar-refractivity contribution in [1.82, 2.24) is 9.03 Å². The van der Waals surface area contributed by atoms with Gasteiger partial charge in [0.25, 0.3) is 10.2 Å². The van der Waals surface area contributed by atoms with Gasteiger partial charge in [-0.1, -0.05) is 13.3 Å². The van der Waals surface area contributed by atoms with E-state index >= 15 is 0 Å². The second-order valence-corrected chi connectivity index (χ2v) is 9.03. The van der Waals surface area contributed by atoms with Gasteiger partial charge in [0.1, 0.15) is 0 Å². The molecule has 0 amide bonds. The van der Waals surface area contributed by atoms with E-state index in [1.165, 1.54) is 25.7 Å². The Morgan fingerprint density at radius 2 is 1.80 bits per heavy atom. The molecule has 1 saturated heterocycles. The van der Waals surface area contributed by atoms with Crippen molar-refractivity contribution < 1.29 is 8.42 Å². The molecular formula is C15H28N2O2S. The summed E-state index contributed by atoms with van der Waals surface area (Å²) in [6, 6.07) is 0.0923. The fraction of sp³-hybridized carbons (Fsp3) is 1.00. The second-order valence-electron chi connectivity index (χ2n) is 7.33. The average Bonchev–Trinajstić information content (AvgIpc) is 3.01. The van der Waals surface area contributed by atoms with Crippen LogP contribution in [0, 0.1) is 23.7 Å². The molecule has 3 rings (SSSR count). The Morgan fingerprint density at radius 3 is 2.35 bits per heavy atom. The van der Waals surface area contributed by atoms with Gasteiger partial charge < -0.3 is 0 Å². The molecule has 0 unspecified atom stereocenters. The molecule has 0 aromatic heterocycles. The van der Waals surface area contributed by atoms with Gasteiger partial charge in [0.05, 0.1) is 0 Å². The lowest BCUT2D eigenvalue weighted by molar-refractivity contribution is 0.261. The number of hydrogen-bond acceptors (Lipinski definition) is 2. The molecule has 2 aliphatic carbocycles. The Morgan fingerprint density at radius 1 is 1.10 bits per heavy atom. The first kappa shape index (κ1) is 14.8. The van der Waals surface area contributed by atoms with Crippen LogP contribution in [0.15, 0.2) is 0 Å². The van der Waals surface area contributed by atoms with Crippen LogP contribution in [-0.2, 0) is 10.2 Å². The maximum Gasteiger partial charge on any atom is 0.279 e. The Hall–Kier alpha value is -0.130. The number of nitrogens with zero attached hydrogens (tertiary/aromatic N) is 1. The van der Waals surface area contributed by atoms with Crippen LogP contribution in [0.4, 0.5) is 0 Å². The topological polar surface area (TPSA) is 49.4 Å².